The van der Waals surface area contributed by atoms with Crippen LogP contribution in [0.15, 0.2) is 30.9 Å². The molecule has 0 amide bonds. The van der Waals surface area contributed by atoms with Gasteiger partial charge in [0.05, 0.1) is 17.4 Å². The number of nitrogens with two attached hydrogens (primary N) is 1. The summed E-state index contributed by atoms with van der Waals surface area (Å²) < 4.78 is 7.11. The lowest BCUT2D eigenvalue weighted by atomic mass is 9.76. The molecule has 3 aromatic heterocycles. The van der Waals surface area contributed by atoms with Crippen molar-refractivity contribution in [3.05, 3.63) is 42.2 Å². The lowest BCUT2D eigenvalue weighted by molar-refractivity contribution is -0.119. The van der Waals surface area contributed by atoms with Crippen LogP contribution in [0.4, 0.5) is 5.82 Å². The fourth-order valence-corrected chi connectivity index (χ4v) is 5.92. The first-order valence-corrected chi connectivity index (χ1v) is 14.5. The Kier molecular flexibility index (Phi) is 8.34. The number of imidazole rings is 2. The SMILES string of the molecule is CO[C@H](CN(C(C)C)[C@H]1C[C@@H](CCc2nc3cc(C(C)(C)C)ccc3[nH]2)C1)[C@@H](O)[C@@H](O)n1cnc2c(N)ncnc21. The molecule has 1 fully saturated rings. The first-order chi connectivity index (χ1) is 19.5. The standard InChI is InChI=1S/C30H44N8O3/c1-17(2)37(14-23(41-6)26(39)29(40)38-16-34-25-27(31)32-15-33-28(25)38)20-11-18(12-20)7-10-24-35-21-9-8-19(30(3,4)5)13-22(21)36-24/h8-9,13,15-18,20,23,26,29,39-40H,7,10-12,14H2,1-6H3,(H,35,36)(H2,31,32,33)/t18-,20+,23-,26-,29-/m1/s1. The van der Waals surface area contributed by atoms with Gasteiger partial charge in [0.2, 0.25) is 0 Å². The highest BCUT2D eigenvalue weighted by molar-refractivity contribution is 5.81. The monoisotopic (exact) mass is 564 g/mol. The molecule has 11 nitrogen and oxygen atoms in total. The molecule has 3 heterocycles. The van der Waals surface area contributed by atoms with E-state index in [-0.39, 0.29) is 17.3 Å². The minimum atomic E-state index is -1.30. The number of aromatic nitrogens is 6. The predicted octanol–water partition coefficient (Wildman–Crippen LogP) is 3.57. The Morgan fingerprint density at radius 1 is 1.17 bits per heavy atom. The number of benzene rings is 1. The third-order valence-corrected chi connectivity index (χ3v) is 8.58. The van der Waals surface area contributed by atoms with Gasteiger partial charge in [-0.15, -0.1) is 0 Å². The third kappa shape index (κ3) is 6.08. The summed E-state index contributed by atoms with van der Waals surface area (Å²) in [5, 5.41) is 22.2. The molecule has 222 valence electrons. The van der Waals surface area contributed by atoms with E-state index in [1.165, 1.54) is 22.8 Å². The number of nitrogens with zero attached hydrogens (tertiary/aromatic N) is 6. The largest absolute Gasteiger partial charge is 0.386 e. The number of aromatic amines is 1. The smallest absolute Gasteiger partial charge is 0.167 e. The Bertz CT molecular complexity index is 1470. The van der Waals surface area contributed by atoms with E-state index in [0.717, 1.165) is 42.5 Å². The van der Waals surface area contributed by atoms with Crippen LogP contribution in [0.1, 0.15) is 71.5 Å². The van der Waals surface area contributed by atoms with E-state index in [4.69, 9.17) is 15.5 Å². The van der Waals surface area contributed by atoms with Gasteiger partial charge in [-0.25, -0.2) is 19.9 Å². The molecule has 0 spiro atoms. The number of hydrogen-bond donors (Lipinski definition) is 4. The van der Waals surface area contributed by atoms with Crippen molar-refractivity contribution in [1.29, 1.82) is 0 Å². The summed E-state index contributed by atoms with van der Waals surface area (Å²) >= 11 is 0. The van der Waals surface area contributed by atoms with E-state index in [2.05, 4.69) is 77.7 Å². The average molecular weight is 565 g/mol. The van der Waals surface area contributed by atoms with Crippen molar-refractivity contribution in [2.45, 2.75) is 96.2 Å². The predicted molar refractivity (Wildman–Crippen MR) is 159 cm³/mol. The van der Waals surface area contributed by atoms with Gasteiger partial charge in [0.15, 0.2) is 17.7 Å². The van der Waals surface area contributed by atoms with Crippen LogP contribution < -0.4 is 5.73 Å². The molecule has 5 N–H and O–H groups in total. The number of nitrogen functional groups attached to an aromatic ring is 1. The number of ether oxygens (including phenoxy) is 1. The molecule has 4 aromatic rings. The van der Waals surface area contributed by atoms with Crippen LogP contribution in [0, 0.1) is 5.92 Å². The Morgan fingerprint density at radius 3 is 2.61 bits per heavy atom. The Morgan fingerprint density at radius 2 is 1.93 bits per heavy atom. The maximum Gasteiger partial charge on any atom is 0.167 e. The zero-order chi connectivity index (χ0) is 29.5. The Hall–Kier alpha value is -3.12. The summed E-state index contributed by atoms with van der Waals surface area (Å²) in [5.41, 5.74) is 10.2. The maximum absolute atomic E-state index is 11.1. The molecule has 5 rings (SSSR count). The number of aryl methyl sites for hydroxylation is 1. The summed E-state index contributed by atoms with van der Waals surface area (Å²) in [7, 11) is 1.56. The molecule has 1 aliphatic rings. The molecule has 3 atom stereocenters. The molecule has 11 heteroatoms. The third-order valence-electron chi connectivity index (χ3n) is 8.58. The fourth-order valence-electron chi connectivity index (χ4n) is 5.92. The van der Waals surface area contributed by atoms with Gasteiger partial charge in [-0.05, 0) is 62.1 Å². The van der Waals surface area contributed by atoms with Crippen molar-refractivity contribution < 1.29 is 14.9 Å². The quantitative estimate of drug-likeness (QED) is 0.214. The van der Waals surface area contributed by atoms with Crippen LogP contribution in [0.3, 0.4) is 0 Å². The molecular formula is C30H44N8O3. The van der Waals surface area contributed by atoms with Crippen LogP contribution in [0.2, 0.25) is 0 Å². The number of nitrogens with one attached hydrogen (secondary N) is 1. The van der Waals surface area contributed by atoms with Crippen molar-refractivity contribution in [1.82, 2.24) is 34.4 Å². The number of hydrogen-bond acceptors (Lipinski definition) is 9. The summed E-state index contributed by atoms with van der Waals surface area (Å²) in [5.74, 6) is 1.89. The van der Waals surface area contributed by atoms with E-state index in [9.17, 15) is 10.2 Å². The molecule has 1 aliphatic carbocycles. The van der Waals surface area contributed by atoms with Crippen molar-refractivity contribution in [2.75, 3.05) is 19.4 Å². The average Bonchev–Trinajstić information content (AvgIpc) is 3.52. The molecule has 41 heavy (non-hydrogen) atoms. The van der Waals surface area contributed by atoms with Gasteiger partial charge in [-0.3, -0.25) is 9.47 Å². The zero-order valence-corrected chi connectivity index (χ0v) is 24.9. The molecule has 1 saturated carbocycles. The highest BCUT2D eigenvalue weighted by Crippen LogP contribution is 2.37. The first-order valence-electron chi connectivity index (χ1n) is 14.5. The summed E-state index contributed by atoms with van der Waals surface area (Å²) in [4.78, 5) is 23.1. The number of methoxy groups -OCH3 is 1. The van der Waals surface area contributed by atoms with Crippen molar-refractivity contribution in [2.24, 2.45) is 5.92 Å². The molecule has 0 unspecified atom stereocenters. The molecular weight excluding hydrogens is 520 g/mol. The van der Waals surface area contributed by atoms with Gasteiger partial charge in [-0.2, -0.15) is 0 Å². The molecule has 1 aromatic carbocycles. The number of rotatable bonds is 11. The van der Waals surface area contributed by atoms with Crippen molar-refractivity contribution in [3.8, 4) is 0 Å². The van der Waals surface area contributed by atoms with E-state index >= 15 is 0 Å². The van der Waals surface area contributed by atoms with Gasteiger partial charge < -0.3 is 25.7 Å². The minimum Gasteiger partial charge on any atom is -0.386 e. The van der Waals surface area contributed by atoms with E-state index < -0.39 is 18.4 Å². The first kappa shape index (κ1) is 29.4. The normalized spacial score (nSPS) is 20.1. The van der Waals surface area contributed by atoms with Crippen LogP contribution >= 0.6 is 0 Å². The van der Waals surface area contributed by atoms with Crippen molar-refractivity contribution in [3.63, 3.8) is 0 Å². The van der Waals surface area contributed by atoms with Crippen LogP contribution in [0.25, 0.3) is 22.2 Å². The molecule has 0 radical (unpaired) electrons. The number of aliphatic hydroxyl groups excluding tert-OH is 2. The summed E-state index contributed by atoms with van der Waals surface area (Å²) in [6.07, 6.45) is 3.80. The Labute approximate surface area is 241 Å². The van der Waals surface area contributed by atoms with E-state index in [1.807, 2.05) is 0 Å². The molecule has 0 bridgehead atoms. The van der Waals surface area contributed by atoms with Crippen LogP contribution in [-0.4, -0.2) is 82.5 Å². The minimum absolute atomic E-state index is 0.101. The zero-order valence-electron chi connectivity index (χ0n) is 24.9. The summed E-state index contributed by atoms with van der Waals surface area (Å²) in [6, 6.07) is 7.19. The lowest BCUT2D eigenvalue weighted by Crippen LogP contribution is -2.53. The topological polar surface area (TPSA) is 151 Å². The highest BCUT2D eigenvalue weighted by Gasteiger charge is 2.38. The molecule has 0 saturated heterocycles. The Balaban J connectivity index is 1.17. The van der Waals surface area contributed by atoms with Gasteiger partial charge in [0.1, 0.15) is 29.9 Å². The van der Waals surface area contributed by atoms with Gasteiger partial charge >= 0.3 is 0 Å². The second kappa shape index (κ2) is 11.6. The van der Waals surface area contributed by atoms with Crippen molar-refractivity contribution >= 4 is 28.0 Å². The van der Waals surface area contributed by atoms with Crippen LogP contribution in [-0.2, 0) is 16.6 Å². The van der Waals surface area contributed by atoms with E-state index in [1.54, 1.807) is 7.11 Å². The van der Waals surface area contributed by atoms with Crippen LogP contribution in [0.5, 0.6) is 0 Å². The van der Waals surface area contributed by atoms with Gasteiger partial charge in [0, 0.05) is 32.2 Å². The second-order valence-electron chi connectivity index (χ2n) is 12.7. The maximum atomic E-state index is 11.1. The number of fused-ring (bicyclic) bond motifs is 2. The lowest BCUT2D eigenvalue weighted by Gasteiger charge is -2.46. The van der Waals surface area contributed by atoms with Gasteiger partial charge in [-0.1, -0.05) is 26.8 Å². The number of aliphatic hydroxyl groups is 2. The second-order valence-corrected chi connectivity index (χ2v) is 12.7. The summed E-state index contributed by atoms with van der Waals surface area (Å²) in [6.45, 7) is 11.5. The van der Waals surface area contributed by atoms with Gasteiger partial charge in [0.25, 0.3) is 0 Å². The number of anilines is 1. The molecule has 0 aliphatic heterocycles. The highest BCUT2D eigenvalue weighted by atomic mass is 16.5. The number of H-pyrrole nitrogens is 1. The fraction of sp³-hybridized carbons (Fsp3) is 0.600. The van der Waals surface area contributed by atoms with E-state index in [0.29, 0.717) is 29.7 Å².